The third-order valence-corrected chi connectivity index (χ3v) is 5.11. The van der Waals surface area contributed by atoms with Crippen LogP contribution in [0.15, 0.2) is 51.9 Å². The minimum atomic E-state index is -0.235. The van der Waals surface area contributed by atoms with E-state index in [4.69, 9.17) is 4.42 Å². The monoisotopic (exact) mass is 394 g/mol. The molecule has 1 aliphatic heterocycles. The maximum absolute atomic E-state index is 13.2. The molecular formula is C21H22N4O4. The van der Waals surface area contributed by atoms with Gasteiger partial charge in [-0.2, -0.15) is 5.10 Å². The molecule has 1 fully saturated rings. The first kappa shape index (κ1) is 18.9. The summed E-state index contributed by atoms with van der Waals surface area (Å²) in [7, 11) is 0. The summed E-state index contributed by atoms with van der Waals surface area (Å²) in [6.07, 6.45) is 1.47. The molecule has 0 atom stereocenters. The Morgan fingerprint density at radius 3 is 2.14 bits per heavy atom. The number of amides is 2. The molecular weight excluding hydrogens is 372 g/mol. The number of furan rings is 1. The topological polar surface area (TPSA) is 88.7 Å². The molecule has 3 heterocycles. The Balaban J connectivity index is 1.59. The van der Waals surface area contributed by atoms with E-state index in [0.717, 1.165) is 0 Å². The maximum Gasteiger partial charge on any atom is 0.289 e. The molecule has 1 aliphatic rings. The van der Waals surface area contributed by atoms with Crippen molar-refractivity contribution in [2.24, 2.45) is 0 Å². The first-order chi connectivity index (χ1) is 14.0. The lowest BCUT2D eigenvalue weighted by molar-refractivity contribution is 0.0515. The first-order valence-corrected chi connectivity index (χ1v) is 9.61. The van der Waals surface area contributed by atoms with Gasteiger partial charge in [-0.05, 0) is 32.0 Å². The van der Waals surface area contributed by atoms with Gasteiger partial charge in [0.1, 0.15) is 0 Å². The summed E-state index contributed by atoms with van der Waals surface area (Å²) in [5.74, 6) is -0.124. The van der Waals surface area contributed by atoms with Gasteiger partial charge in [-0.3, -0.25) is 14.4 Å². The molecule has 2 aromatic heterocycles. The number of aromatic nitrogens is 2. The van der Waals surface area contributed by atoms with Crippen LogP contribution in [-0.4, -0.2) is 57.6 Å². The first-order valence-electron chi connectivity index (χ1n) is 9.61. The average Bonchev–Trinajstić information content (AvgIpc) is 3.28. The summed E-state index contributed by atoms with van der Waals surface area (Å²) in [5.41, 5.74) is 0.0562. The van der Waals surface area contributed by atoms with E-state index in [0.29, 0.717) is 42.7 Å². The average molecular weight is 394 g/mol. The third-order valence-electron chi connectivity index (χ3n) is 5.11. The van der Waals surface area contributed by atoms with E-state index in [1.54, 1.807) is 46.2 Å². The van der Waals surface area contributed by atoms with Crippen molar-refractivity contribution in [3.05, 3.63) is 64.5 Å². The summed E-state index contributed by atoms with van der Waals surface area (Å²) < 4.78 is 6.53. The molecule has 0 N–H and O–H groups in total. The van der Waals surface area contributed by atoms with E-state index in [9.17, 15) is 14.4 Å². The van der Waals surface area contributed by atoms with Gasteiger partial charge in [0.2, 0.25) is 0 Å². The number of carbonyl (C=O) groups is 2. The predicted molar refractivity (Wildman–Crippen MR) is 107 cm³/mol. The Kier molecular flexibility index (Phi) is 4.92. The van der Waals surface area contributed by atoms with Crippen molar-refractivity contribution in [2.45, 2.75) is 19.9 Å². The number of piperazine rings is 1. The summed E-state index contributed by atoms with van der Waals surface area (Å²) >= 11 is 0. The highest BCUT2D eigenvalue weighted by atomic mass is 16.3. The molecule has 4 rings (SSSR count). The van der Waals surface area contributed by atoms with Crippen LogP contribution in [0.25, 0.3) is 10.8 Å². The smallest absolute Gasteiger partial charge is 0.289 e. The molecule has 0 saturated carbocycles. The van der Waals surface area contributed by atoms with Gasteiger partial charge in [-0.15, -0.1) is 0 Å². The molecule has 29 heavy (non-hydrogen) atoms. The quantitative estimate of drug-likeness (QED) is 0.679. The van der Waals surface area contributed by atoms with Gasteiger partial charge in [0.05, 0.1) is 17.7 Å². The second-order valence-electron chi connectivity index (χ2n) is 7.30. The molecule has 1 saturated heterocycles. The zero-order chi connectivity index (χ0) is 20.5. The van der Waals surface area contributed by atoms with E-state index in [2.05, 4.69) is 5.10 Å². The fraction of sp³-hybridized carbons (Fsp3) is 0.333. The number of hydrogen-bond acceptors (Lipinski definition) is 5. The predicted octanol–water partition coefficient (Wildman–Crippen LogP) is 2.17. The van der Waals surface area contributed by atoms with Crippen LogP contribution in [0, 0.1) is 0 Å². The maximum atomic E-state index is 13.2. The van der Waals surface area contributed by atoms with Gasteiger partial charge in [0.15, 0.2) is 11.5 Å². The van der Waals surface area contributed by atoms with Crippen molar-refractivity contribution in [1.29, 1.82) is 0 Å². The number of benzene rings is 1. The summed E-state index contributed by atoms with van der Waals surface area (Å²) in [4.78, 5) is 41.7. The summed E-state index contributed by atoms with van der Waals surface area (Å²) in [6.45, 7) is 5.32. The second-order valence-corrected chi connectivity index (χ2v) is 7.30. The highest BCUT2D eigenvalue weighted by molar-refractivity contribution is 6.05. The fourth-order valence-electron chi connectivity index (χ4n) is 3.53. The van der Waals surface area contributed by atoms with Crippen molar-refractivity contribution >= 4 is 22.6 Å². The van der Waals surface area contributed by atoms with Crippen LogP contribution in [0.5, 0.6) is 0 Å². The van der Waals surface area contributed by atoms with Gasteiger partial charge in [-0.1, -0.05) is 18.2 Å². The lowest BCUT2D eigenvalue weighted by Crippen LogP contribution is -2.51. The standard InChI is InChI=1S/C21H22N4O4/c1-14(2)25-19(26)16-7-4-3-6-15(16)18(22-25)21(28)24-11-9-23(10-12-24)20(27)17-8-5-13-29-17/h3-8,13-14H,9-12H2,1-2H3. The Labute approximate surface area is 167 Å². The highest BCUT2D eigenvalue weighted by Crippen LogP contribution is 2.18. The van der Waals surface area contributed by atoms with E-state index in [-0.39, 0.29) is 29.1 Å². The molecule has 8 heteroatoms. The van der Waals surface area contributed by atoms with Crippen LogP contribution in [0.1, 0.15) is 40.9 Å². The minimum absolute atomic E-state index is 0.165. The molecule has 0 spiro atoms. The molecule has 3 aromatic rings. The summed E-state index contributed by atoms with van der Waals surface area (Å²) in [6, 6.07) is 10.2. The lowest BCUT2D eigenvalue weighted by atomic mass is 10.1. The van der Waals surface area contributed by atoms with Gasteiger partial charge in [0.25, 0.3) is 17.4 Å². The van der Waals surface area contributed by atoms with Crippen LogP contribution >= 0.6 is 0 Å². The highest BCUT2D eigenvalue weighted by Gasteiger charge is 2.29. The fourth-order valence-corrected chi connectivity index (χ4v) is 3.53. The molecule has 0 radical (unpaired) electrons. The number of nitrogens with zero attached hydrogens (tertiary/aromatic N) is 4. The Morgan fingerprint density at radius 1 is 0.931 bits per heavy atom. The molecule has 8 nitrogen and oxygen atoms in total. The van der Waals surface area contributed by atoms with Crippen molar-refractivity contribution in [3.63, 3.8) is 0 Å². The van der Waals surface area contributed by atoms with Crippen LogP contribution in [0.4, 0.5) is 0 Å². The van der Waals surface area contributed by atoms with Crippen molar-refractivity contribution < 1.29 is 14.0 Å². The number of carbonyl (C=O) groups excluding carboxylic acids is 2. The largest absolute Gasteiger partial charge is 0.459 e. The van der Waals surface area contributed by atoms with Crippen molar-refractivity contribution in [2.75, 3.05) is 26.2 Å². The molecule has 2 amide bonds. The number of rotatable bonds is 3. The molecule has 0 aliphatic carbocycles. The van der Waals surface area contributed by atoms with E-state index in [1.165, 1.54) is 10.9 Å². The SMILES string of the molecule is CC(C)n1nc(C(=O)N2CCN(C(=O)c3ccco3)CC2)c2ccccc2c1=O. The van der Waals surface area contributed by atoms with Gasteiger partial charge >= 0.3 is 0 Å². The minimum Gasteiger partial charge on any atom is -0.459 e. The zero-order valence-electron chi connectivity index (χ0n) is 16.4. The lowest BCUT2D eigenvalue weighted by Gasteiger charge is -2.34. The second kappa shape index (κ2) is 7.54. The van der Waals surface area contributed by atoms with E-state index >= 15 is 0 Å². The van der Waals surface area contributed by atoms with Crippen LogP contribution in [0.2, 0.25) is 0 Å². The van der Waals surface area contributed by atoms with Crippen molar-refractivity contribution in [1.82, 2.24) is 19.6 Å². The van der Waals surface area contributed by atoms with Crippen molar-refractivity contribution in [3.8, 4) is 0 Å². The number of hydrogen-bond donors (Lipinski definition) is 0. The van der Waals surface area contributed by atoms with Crippen LogP contribution < -0.4 is 5.56 Å². The zero-order valence-corrected chi connectivity index (χ0v) is 16.4. The molecule has 0 bridgehead atoms. The Hall–Kier alpha value is -3.42. The number of fused-ring (bicyclic) bond motifs is 1. The molecule has 0 unspecified atom stereocenters. The Bertz CT molecular complexity index is 1110. The van der Waals surface area contributed by atoms with E-state index in [1.807, 2.05) is 13.8 Å². The molecule has 150 valence electrons. The normalized spacial score (nSPS) is 14.6. The van der Waals surface area contributed by atoms with Gasteiger partial charge in [-0.25, -0.2) is 4.68 Å². The van der Waals surface area contributed by atoms with Gasteiger partial charge < -0.3 is 14.2 Å². The van der Waals surface area contributed by atoms with Crippen LogP contribution in [-0.2, 0) is 0 Å². The van der Waals surface area contributed by atoms with Crippen LogP contribution in [0.3, 0.4) is 0 Å². The third kappa shape index (κ3) is 3.41. The Morgan fingerprint density at radius 2 is 1.55 bits per heavy atom. The van der Waals surface area contributed by atoms with E-state index < -0.39 is 0 Å². The van der Waals surface area contributed by atoms with Gasteiger partial charge in [0, 0.05) is 31.6 Å². The molecule has 1 aromatic carbocycles. The summed E-state index contributed by atoms with van der Waals surface area (Å²) in [5, 5.41) is 5.41.